The van der Waals surface area contributed by atoms with Crippen molar-refractivity contribution in [1.82, 2.24) is 20.2 Å². The summed E-state index contributed by atoms with van der Waals surface area (Å²) >= 11 is 0. The van der Waals surface area contributed by atoms with E-state index in [4.69, 9.17) is 4.74 Å². The average molecular weight is 447 g/mol. The molecule has 1 aromatic heterocycles. The van der Waals surface area contributed by atoms with Gasteiger partial charge in [0.1, 0.15) is 5.82 Å². The Bertz CT molecular complexity index is 567. The number of likely N-dealkylation sites (tertiary alicyclic amines) is 1. The molecule has 1 fully saturated rings. The first-order chi connectivity index (χ1) is 11.1. The molecular weight excluding hydrogens is 421 g/mol. The predicted octanol–water partition coefficient (Wildman–Crippen LogP) is 1.75. The average Bonchev–Trinajstić information content (AvgIpc) is 2.56. The summed E-state index contributed by atoms with van der Waals surface area (Å²) in [4.78, 5) is 26.8. The fourth-order valence-corrected chi connectivity index (χ4v) is 2.73. The van der Waals surface area contributed by atoms with E-state index in [1.165, 1.54) is 0 Å². The van der Waals surface area contributed by atoms with Crippen LogP contribution in [0.15, 0.2) is 17.3 Å². The minimum absolute atomic E-state index is 0. The zero-order valence-corrected chi connectivity index (χ0v) is 16.8. The van der Waals surface area contributed by atoms with Crippen molar-refractivity contribution in [3.05, 3.63) is 23.8 Å². The van der Waals surface area contributed by atoms with E-state index >= 15 is 0 Å². The summed E-state index contributed by atoms with van der Waals surface area (Å²) in [6, 6.07) is 1.88. The van der Waals surface area contributed by atoms with E-state index in [1.54, 1.807) is 13.2 Å². The highest BCUT2D eigenvalue weighted by molar-refractivity contribution is 14.0. The van der Waals surface area contributed by atoms with Crippen molar-refractivity contribution in [2.75, 3.05) is 26.7 Å². The fourth-order valence-electron chi connectivity index (χ4n) is 2.73. The van der Waals surface area contributed by atoms with Crippen molar-refractivity contribution in [2.24, 2.45) is 10.9 Å². The molecule has 0 amide bonds. The summed E-state index contributed by atoms with van der Waals surface area (Å²) in [5.74, 6) is 1.34. The van der Waals surface area contributed by atoms with Gasteiger partial charge in [-0.05, 0) is 32.8 Å². The van der Waals surface area contributed by atoms with Gasteiger partial charge in [0.05, 0.1) is 24.8 Å². The number of aryl methyl sites for hydroxylation is 1. The van der Waals surface area contributed by atoms with Gasteiger partial charge in [-0.15, -0.1) is 24.0 Å². The second-order valence-electron chi connectivity index (χ2n) is 5.53. The van der Waals surface area contributed by atoms with Gasteiger partial charge in [-0.2, -0.15) is 0 Å². The lowest BCUT2D eigenvalue weighted by Gasteiger charge is -2.33. The monoisotopic (exact) mass is 447 g/mol. The Morgan fingerprint density at radius 1 is 1.54 bits per heavy atom. The maximum atomic E-state index is 11.9. The summed E-state index contributed by atoms with van der Waals surface area (Å²) < 4.78 is 5.14. The zero-order chi connectivity index (χ0) is 16.7. The van der Waals surface area contributed by atoms with Crippen LogP contribution in [0.5, 0.6) is 0 Å². The van der Waals surface area contributed by atoms with Gasteiger partial charge in [-0.3, -0.25) is 9.79 Å². The van der Waals surface area contributed by atoms with Crippen molar-refractivity contribution in [3.63, 3.8) is 0 Å². The van der Waals surface area contributed by atoms with E-state index in [-0.39, 0.29) is 35.9 Å². The lowest BCUT2D eigenvalue weighted by atomic mass is 9.98. The van der Waals surface area contributed by atoms with Crippen molar-refractivity contribution < 1.29 is 9.53 Å². The quantitative estimate of drug-likeness (QED) is 0.328. The summed E-state index contributed by atoms with van der Waals surface area (Å²) in [6.45, 7) is 6.24. The number of carbonyl (C=O) groups is 1. The van der Waals surface area contributed by atoms with E-state index in [0.29, 0.717) is 19.7 Å². The second-order valence-corrected chi connectivity index (χ2v) is 5.53. The number of aromatic nitrogens is 2. The smallest absolute Gasteiger partial charge is 0.310 e. The van der Waals surface area contributed by atoms with Crippen LogP contribution in [0.25, 0.3) is 0 Å². The number of ether oxygens (including phenoxy) is 1. The van der Waals surface area contributed by atoms with Gasteiger partial charge < -0.3 is 15.0 Å². The number of aliphatic imine (C=N–C) groups is 1. The van der Waals surface area contributed by atoms with Crippen LogP contribution in [0, 0.1) is 12.8 Å². The Balaban J connectivity index is 0.00000288. The molecule has 1 unspecified atom stereocenters. The van der Waals surface area contributed by atoms with E-state index < -0.39 is 0 Å². The number of esters is 1. The minimum Gasteiger partial charge on any atom is -0.466 e. The number of nitrogens with zero attached hydrogens (tertiary/aromatic N) is 4. The lowest BCUT2D eigenvalue weighted by Crippen LogP contribution is -2.48. The van der Waals surface area contributed by atoms with Crippen LogP contribution in [0.3, 0.4) is 0 Å². The highest BCUT2D eigenvalue weighted by atomic mass is 127. The van der Waals surface area contributed by atoms with Gasteiger partial charge in [0.15, 0.2) is 5.96 Å². The molecule has 8 heteroatoms. The van der Waals surface area contributed by atoms with Gasteiger partial charge in [-0.1, -0.05) is 0 Å². The number of halogens is 1. The molecule has 1 N–H and O–H groups in total. The van der Waals surface area contributed by atoms with Crippen molar-refractivity contribution in [2.45, 2.75) is 33.2 Å². The summed E-state index contributed by atoms with van der Waals surface area (Å²) in [5.41, 5.74) is 0.914. The molecule has 2 rings (SSSR count). The molecule has 1 aliphatic rings. The summed E-state index contributed by atoms with van der Waals surface area (Å²) in [5, 5.41) is 3.31. The number of nitrogens with one attached hydrogen (secondary N) is 1. The topological polar surface area (TPSA) is 79.7 Å². The lowest BCUT2D eigenvalue weighted by molar-refractivity contribution is -0.149. The van der Waals surface area contributed by atoms with Crippen molar-refractivity contribution in [1.29, 1.82) is 0 Å². The standard InChI is InChI=1S/C16H25N5O2.HI/c1-4-23-15(22)13-6-5-9-21(11-13)16(17-3)19-10-14-7-8-18-12(2)20-14;/h7-8,13H,4-6,9-11H2,1-3H3,(H,17,19);1H. The molecular formula is C16H26IN5O2. The maximum Gasteiger partial charge on any atom is 0.310 e. The first kappa shape index (κ1) is 20.6. The van der Waals surface area contributed by atoms with E-state index in [0.717, 1.165) is 36.9 Å². The minimum atomic E-state index is -0.112. The molecule has 2 heterocycles. The van der Waals surface area contributed by atoms with E-state index in [2.05, 4.69) is 25.2 Å². The van der Waals surface area contributed by atoms with Gasteiger partial charge >= 0.3 is 5.97 Å². The molecule has 24 heavy (non-hydrogen) atoms. The van der Waals surface area contributed by atoms with Gasteiger partial charge in [0.2, 0.25) is 0 Å². The number of rotatable bonds is 4. The second kappa shape index (κ2) is 10.4. The predicted molar refractivity (Wildman–Crippen MR) is 103 cm³/mol. The summed E-state index contributed by atoms with van der Waals surface area (Å²) in [7, 11) is 1.75. The number of guanidine groups is 1. The third-order valence-corrected chi connectivity index (χ3v) is 3.81. The Hall–Kier alpha value is -1.45. The van der Waals surface area contributed by atoms with Gasteiger partial charge in [-0.25, -0.2) is 9.97 Å². The molecule has 7 nitrogen and oxygen atoms in total. The third-order valence-electron chi connectivity index (χ3n) is 3.81. The SMILES string of the molecule is CCOC(=O)C1CCCN(C(=NC)NCc2ccnc(C)n2)C1.I. The Kier molecular flexibility index (Phi) is 8.94. The molecule has 134 valence electrons. The summed E-state index contributed by atoms with van der Waals surface area (Å²) in [6.07, 6.45) is 3.58. The molecule has 1 atom stereocenters. The highest BCUT2D eigenvalue weighted by Crippen LogP contribution is 2.18. The molecule has 0 aromatic carbocycles. The first-order valence-corrected chi connectivity index (χ1v) is 8.04. The van der Waals surface area contributed by atoms with Crippen LogP contribution in [0.4, 0.5) is 0 Å². The van der Waals surface area contributed by atoms with Gasteiger partial charge in [0.25, 0.3) is 0 Å². The third kappa shape index (κ3) is 5.88. The van der Waals surface area contributed by atoms with Crippen LogP contribution in [0.2, 0.25) is 0 Å². The Morgan fingerprint density at radius 3 is 3.00 bits per heavy atom. The maximum absolute atomic E-state index is 11.9. The molecule has 0 radical (unpaired) electrons. The molecule has 1 aliphatic heterocycles. The van der Waals surface area contributed by atoms with Crippen LogP contribution in [-0.4, -0.2) is 53.5 Å². The molecule has 0 saturated carbocycles. The van der Waals surface area contributed by atoms with Crippen molar-refractivity contribution >= 4 is 35.9 Å². The van der Waals surface area contributed by atoms with Gasteiger partial charge in [0, 0.05) is 26.3 Å². The fraction of sp³-hybridized carbons (Fsp3) is 0.625. The largest absolute Gasteiger partial charge is 0.466 e. The molecule has 0 spiro atoms. The molecule has 1 saturated heterocycles. The Morgan fingerprint density at radius 2 is 2.33 bits per heavy atom. The van der Waals surface area contributed by atoms with E-state index in [9.17, 15) is 4.79 Å². The van der Waals surface area contributed by atoms with Crippen LogP contribution < -0.4 is 5.32 Å². The molecule has 1 aromatic rings. The number of hydrogen-bond donors (Lipinski definition) is 1. The first-order valence-electron chi connectivity index (χ1n) is 8.04. The van der Waals surface area contributed by atoms with Crippen molar-refractivity contribution in [3.8, 4) is 0 Å². The number of carbonyl (C=O) groups excluding carboxylic acids is 1. The van der Waals surface area contributed by atoms with Crippen LogP contribution in [0.1, 0.15) is 31.3 Å². The molecule has 0 bridgehead atoms. The normalized spacial score (nSPS) is 17.9. The highest BCUT2D eigenvalue weighted by Gasteiger charge is 2.28. The number of piperidine rings is 1. The van der Waals surface area contributed by atoms with Crippen LogP contribution in [-0.2, 0) is 16.1 Å². The Labute approximate surface area is 160 Å². The van der Waals surface area contributed by atoms with Crippen LogP contribution >= 0.6 is 24.0 Å². The van der Waals surface area contributed by atoms with E-state index in [1.807, 2.05) is 19.9 Å². The molecule has 0 aliphatic carbocycles. The number of hydrogen-bond acceptors (Lipinski definition) is 5. The zero-order valence-electron chi connectivity index (χ0n) is 14.5.